The Kier molecular flexibility index (Phi) is 4.00. The van der Waals surface area contributed by atoms with E-state index in [0.29, 0.717) is 5.41 Å². The van der Waals surface area contributed by atoms with Crippen molar-refractivity contribution in [3.8, 4) is 0 Å². The topological polar surface area (TPSA) is 12.0 Å². The molecule has 1 aromatic rings. The summed E-state index contributed by atoms with van der Waals surface area (Å²) in [4.78, 5) is 0. The maximum absolute atomic E-state index is 3.62. The van der Waals surface area contributed by atoms with Crippen molar-refractivity contribution < 1.29 is 0 Å². The maximum Gasteiger partial charge on any atom is 0.0178 e. The van der Waals surface area contributed by atoms with Crippen LogP contribution in [0.5, 0.6) is 0 Å². The molecule has 1 aliphatic heterocycles. The molecule has 1 aliphatic carbocycles. The van der Waals surface area contributed by atoms with E-state index < -0.39 is 0 Å². The van der Waals surface area contributed by atoms with E-state index >= 15 is 0 Å². The van der Waals surface area contributed by atoms with Gasteiger partial charge in [0.1, 0.15) is 0 Å². The van der Waals surface area contributed by atoms with E-state index in [1.165, 1.54) is 56.1 Å². The molecular formula is C17H24BrN. The lowest BCUT2D eigenvalue weighted by Crippen LogP contribution is -2.48. The van der Waals surface area contributed by atoms with E-state index in [4.69, 9.17) is 0 Å². The van der Waals surface area contributed by atoms with Gasteiger partial charge in [-0.2, -0.15) is 0 Å². The molecular weight excluding hydrogens is 298 g/mol. The highest BCUT2D eigenvalue weighted by Crippen LogP contribution is 2.47. The molecule has 0 saturated carbocycles. The molecule has 3 rings (SSSR count). The van der Waals surface area contributed by atoms with Crippen LogP contribution in [0.3, 0.4) is 0 Å². The van der Waals surface area contributed by atoms with Crippen molar-refractivity contribution in [1.82, 2.24) is 5.32 Å². The molecule has 2 heteroatoms. The van der Waals surface area contributed by atoms with Gasteiger partial charge in [0.05, 0.1) is 0 Å². The quantitative estimate of drug-likeness (QED) is 0.854. The minimum Gasteiger partial charge on any atom is -0.316 e. The summed E-state index contributed by atoms with van der Waals surface area (Å²) < 4.78 is 1.23. The summed E-state index contributed by atoms with van der Waals surface area (Å²) in [5.74, 6) is 0.878. The largest absolute Gasteiger partial charge is 0.316 e. The molecule has 1 saturated heterocycles. The fraction of sp³-hybridized carbons (Fsp3) is 0.647. The number of aryl methyl sites for hydroxylation is 1. The van der Waals surface area contributed by atoms with E-state index in [1.807, 2.05) is 0 Å². The normalized spacial score (nSPS) is 30.3. The predicted octanol–water partition coefficient (Wildman–Crippen LogP) is 4.33. The molecule has 1 fully saturated rings. The Bertz CT molecular complexity index is 455. The predicted molar refractivity (Wildman–Crippen MR) is 84.5 cm³/mol. The Morgan fingerprint density at radius 3 is 3.05 bits per heavy atom. The molecule has 1 N–H and O–H groups in total. The molecule has 1 heterocycles. The molecule has 0 amide bonds. The van der Waals surface area contributed by atoms with Gasteiger partial charge in [-0.05, 0) is 79.8 Å². The van der Waals surface area contributed by atoms with Crippen molar-refractivity contribution in [3.05, 3.63) is 33.8 Å². The van der Waals surface area contributed by atoms with Gasteiger partial charge in [0.15, 0.2) is 0 Å². The lowest BCUT2D eigenvalue weighted by molar-refractivity contribution is 0.0808. The number of benzene rings is 1. The zero-order valence-electron chi connectivity index (χ0n) is 11.8. The van der Waals surface area contributed by atoms with Crippen molar-refractivity contribution in [2.75, 3.05) is 13.1 Å². The van der Waals surface area contributed by atoms with Gasteiger partial charge in [-0.1, -0.05) is 35.3 Å². The van der Waals surface area contributed by atoms with Gasteiger partial charge in [-0.3, -0.25) is 0 Å². The van der Waals surface area contributed by atoms with Crippen molar-refractivity contribution in [3.63, 3.8) is 0 Å². The van der Waals surface area contributed by atoms with Crippen LogP contribution < -0.4 is 5.32 Å². The van der Waals surface area contributed by atoms with Crippen LogP contribution >= 0.6 is 15.9 Å². The molecule has 19 heavy (non-hydrogen) atoms. The minimum absolute atomic E-state index is 0.585. The summed E-state index contributed by atoms with van der Waals surface area (Å²) in [7, 11) is 0. The van der Waals surface area contributed by atoms with Gasteiger partial charge in [0.25, 0.3) is 0 Å². The monoisotopic (exact) mass is 321 g/mol. The summed E-state index contributed by atoms with van der Waals surface area (Å²) >= 11 is 3.60. The standard InChI is InChI=1S/C17H24BrN/c1-2-3-15-12-19-9-8-17(15)7-6-13-10-16(18)5-4-14(13)11-17/h4-5,10,15,19H,2-3,6-9,11-12H2,1H3. The summed E-state index contributed by atoms with van der Waals surface area (Å²) in [6, 6.07) is 6.90. The van der Waals surface area contributed by atoms with Gasteiger partial charge < -0.3 is 5.32 Å². The molecule has 1 aromatic carbocycles. The number of piperidine rings is 1. The van der Waals surface area contributed by atoms with Crippen molar-refractivity contribution in [2.24, 2.45) is 11.3 Å². The van der Waals surface area contributed by atoms with Crippen LogP contribution in [-0.2, 0) is 12.8 Å². The zero-order chi connectivity index (χ0) is 13.3. The third kappa shape index (κ3) is 2.62. The van der Waals surface area contributed by atoms with Crippen LogP contribution in [0.2, 0.25) is 0 Å². The fourth-order valence-corrected chi connectivity index (χ4v) is 4.61. The Balaban J connectivity index is 1.87. The molecule has 0 bridgehead atoms. The maximum atomic E-state index is 3.62. The lowest BCUT2D eigenvalue weighted by atomic mass is 9.60. The Morgan fingerprint density at radius 1 is 1.32 bits per heavy atom. The highest BCUT2D eigenvalue weighted by atomic mass is 79.9. The molecule has 0 radical (unpaired) electrons. The van der Waals surface area contributed by atoms with Gasteiger partial charge in [-0.15, -0.1) is 0 Å². The van der Waals surface area contributed by atoms with Gasteiger partial charge in [0.2, 0.25) is 0 Å². The Labute approximate surface area is 125 Å². The summed E-state index contributed by atoms with van der Waals surface area (Å²) in [5, 5.41) is 3.62. The Hall–Kier alpha value is -0.340. The highest BCUT2D eigenvalue weighted by Gasteiger charge is 2.42. The van der Waals surface area contributed by atoms with Gasteiger partial charge in [-0.25, -0.2) is 0 Å². The first-order valence-electron chi connectivity index (χ1n) is 7.71. The van der Waals surface area contributed by atoms with Crippen molar-refractivity contribution in [2.45, 2.75) is 45.4 Å². The van der Waals surface area contributed by atoms with Crippen LogP contribution in [0, 0.1) is 11.3 Å². The SMILES string of the molecule is CCCC1CNCCC12CCc1cc(Br)ccc1C2. The Morgan fingerprint density at radius 2 is 2.21 bits per heavy atom. The fourth-order valence-electron chi connectivity index (χ4n) is 4.20. The first-order chi connectivity index (χ1) is 9.23. The van der Waals surface area contributed by atoms with Crippen LogP contribution in [-0.4, -0.2) is 13.1 Å². The average molecular weight is 322 g/mol. The summed E-state index contributed by atoms with van der Waals surface area (Å²) in [6.07, 6.45) is 8.05. The minimum atomic E-state index is 0.585. The molecule has 1 nitrogen and oxygen atoms in total. The second-order valence-corrected chi connectivity index (χ2v) is 7.31. The summed E-state index contributed by atoms with van der Waals surface area (Å²) in [5.41, 5.74) is 3.77. The van der Waals surface area contributed by atoms with Crippen LogP contribution in [0.15, 0.2) is 22.7 Å². The average Bonchev–Trinajstić information content (AvgIpc) is 2.42. The van der Waals surface area contributed by atoms with Crippen molar-refractivity contribution in [1.29, 1.82) is 0 Å². The number of nitrogens with one attached hydrogen (secondary N) is 1. The van der Waals surface area contributed by atoms with E-state index in [1.54, 1.807) is 11.1 Å². The third-order valence-electron chi connectivity index (χ3n) is 5.30. The van der Waals surface area contributed by atoms with E-state index in [9.17, 15) is 0 Å². The third-order valence-corrected chi connectivity index (χ3v) is 5.79. The first kappa shape index (κ1) is 13.6. The summed E-state index contributed by atoms with van der Waals surface area (Å²) in [6.45, 7) is 4.78. The molecule has 0 aromatic heterocycles. The van der Waals surface area contributed by atoms with Gasteiger partial charge >= 0.3 is 0 Å². The molecule has 2 aliphatic rings. The van der Waals surface area contributed by atoms with E-state index in [-0.39, 0.29) is 0 Å². The van der Waals surface area contributed by atoms with E-state index in [2.05, 4.69) is 46.4 Å². The zero-order valence-corrected chi connectivity index (χ0v) is 13.4. The number of hydrogen-bond acceptors (Lipinski definition) is 1. The number of halogens is 1. The van der Waals surface area contributed by atoms with Gasteiger partial charge in [0, 0.05) is 4.47 Å². The number of rotatable bonds is 2. The smallest absolute Gasteiger partial charge is 0.0178 e. The molecule has 2 unspecified atom stereocenters. The lowest BCUT2D eigenvalue weighted by Gasteiger charge is -2.48. The molecule has 2 atom stereocenters. The van der Waals surface area contributed by atoms with Crippen molar-refractivity contribution >= 4 is 15.9 Å². The highest BCUT2D eigenvalue weighted by molar-refractivity contribution is 9.10. The second kappa shape index (κ2) is 5.57. The number of fused-ring (bicyclic) bond motifs is 1. The first-order valence-corrected chi connectivity index (χ1v) is 8.51. The second-order valence-electron chi connectivity index (χ2n) is 6.39. The van der Waals surface area contributed by atoms with Crippen LogP contribution in [0.25, 0.3) is 0 Å². The van der Waals surface area contributed by atoms with E-state index in [0.717, 1.165) is 5.92 Å². The molecule has 104 valence electrons. The van der Waals surface area contributed by atoms with Crippen LogP contribution in [0.1, 0.15) is 43.7 Å². The number of hydrogen-bond donors (Lipinski definition) is 1. The van der Waals surface area contributed by atoms with Crippen LogP contribution in [0.4, 0.5) is 0 Å². The molecule has 1 spiro atoms.